The van der Waals surface area contributed by atoms with Crippen molar-refractivity contribution >= 4 is 5.97 Å². The molecule has 0 aliphatic rings. The number of hydrogen-bond donors (Lipinski definition) is 0. The minimum absolute atomic E-state index is 0.115. The van der Waals surface area contributed by atoms with Gasteiger partial charge in [-0.3, -0.25) is 4.79 Å². The monoisotopic (exact) mass is 216 g/mol. The van der Waals surface area contributed by atoms with Gasteiger partial charge < -0.3 is 24.4 Å². The summed E-state index contributed by atoms with van der Waals surface area (Å²) in [5, 5.41) is 22.0. The van der Waals surface area contributed by atoms with Crippen molar-refractivity contribution in [2.24, 2.45) is 0 Å². The summed E-state index contributed by atoms with van der Waals surface area (Å²) in [6.45, 7) is 0. The molecule has 0 aromatic carbocycles. The maximum atomic E-state index is 11.1. The Kier molecular flexibility index (Phi) is 5.77. The van der Waals surface area contributed by atoms with Crippen LogP contribution in [0, 0.1) is 0 Å². The topological polar surface area (TPSA) is 90.9 Å². The van der Waals surface area contributed by atoms with Crippen LogP contribution in [0.15, 0.2) is 23.5 Å². The predicted octanol–water partition coefficient (Wildman–Crippen LogP) is -1.38. The second-order valence-electron chi connectivity index (χ2n) is 2.44. The first-order valence-electron chi connectivity index (χ1n) is 3.98. The molecule has 0 radical (unpaired) electrons. The van der Waals surface area contributed by atoms with E-state index in [1.807, 2.05) is 0 Å². The Morgan fingerprint density at radius 2 is 1.73 bits per heavy atom. The molecule has 0 atom stereocenters. The van der Waals surface area contributed by atoms with E-state index in [0.29, 0.717) is 0 Å². The zero-order valence-corrected chi connectivity index (χ0v) is 8.73. The molecule has 0 aromatic rings. The van der Waals surface area contributed by atoms with Gasteiger partial charge in [0, 0.05) is 0 Å². The van der Waals surface area contributed by atoms with Gasteiger partial charge in [0.15, 0.2) is 0 Å². The molecule has 6 nitrogen and oxygen atoms in total. The second-order valence-corrected chi connectivity index (χ2v) is 2.44. The molecule has 86 valence electrons. The van der Waals surface area contributed by atoms with Crippen molar-refractivity contribution in [3.63, 3.8) is 0 Å². The van der Waals surface area contributed by atoms with Gasteiger partial charge in [0.05, 0.1) is 25.4 Å². The summed E-state index contributed by atoms with van der Waals surface area (Å²) in [5.41, 5.74) is -0.115. The van der Waals surface area contributed by atoms with Gasteiger partial charge in [0.1, 0.15) is 0 Å². The lowest BCUT2D eigenvalue weighted by Gasteiger charge is -2.16. The number of methoxy groups -OCH3 is 3. The number of carbonyl (C=O) groups is 1. The van der Waals surface area contributed by atoms with E-state index in [4.69, 9.17) is 0 Å². The molecular weight excluding hydrogens is 204 g/mol. The first-order valence-corrected chi connectivity index (χ1v) is 3.98. The zero-order chi connectivity index (χ0) is 11.8. The highest BCUT2D eigenvalue weighted by Crippen LogP contribution is 2.09. The van der Waals surface area contributed by atoms with Crippen LogP contribution in [0.4, 0.5) is 0 Å². The van der Waals surface area contributed by atoms with E-state index in [9.17, 15) is 15.0 Å². The molecule has 0 saturated heterocycles. The Bertz CT molecular complexity index is 278. The molecule has 6 heteroatoms. The third-order valence-electron chi connectivity index (χ3n) is 1.50. The Hall–Kier alpha value is -1.85. The first kappa shape index (κ1) is 13.2. The number of rotatable bonds is 5. The largest absolute Gasteiger partial charge is 0.617 e. The van der Waals surface area contributed by atoms with Gasteiger partial charge in [-0.05, 0) is 25.9 Å². The van der Waals surface area contributed by atoms with Gasteiger partial charge >= 0.3 is 5.97 Å². The van der Waals surface area contributed by atoms with Crippen LogP contribution in [0.2, 0.25) is 0 Å². The predicted molar refractivity (Wildman–Crippen MR) is 45.8 cm³/mol. The molecule has 0 fully saturated rings. The third kappa shape index (κ3) is 4.80. The van der Waals surface area contributed by atoms with Gasteiger partial charge in [0.25, 0.3) is 0 Å². The fraction of sp³-hybridized carbons (Fsp3) is 0.444. The lowest BCUT2D eigenvalue weighted by molar-refractivity contribution is -0.358. The average molecular weight is 216 g/mol. The van der Waals surface area contributed by atoms with Crippen LogP contribution >= 0.6 is 0 Å². The Morgan fingerprint density at radius 1 is 1.13 bits per heavy atom. The molecule has 0 amide bonds. The number of esters is 1. The molecule has 0 aliphatic heterocycles. The summed E-state index contributed by atoms with van der Waals surface area (Å²) in [6, 6.07) is 0. The average Bonchev–Trinajstić information content (AvgIpc) is 2.26. The fourth-order valence-electron chi connectivity index (χ4n) is 0.742. The van der Waals surface area contributed by atoms with Gasteiger partial charge in [-0.25, -0.2) is 0 Å². The quantitative estimate of drug-likeness (QED) is 0.319. The van der Waals surface area contributed by atoms with E-state index < -0.39 is 17.9 Å². The van der Waals surface area contributed by atoms with Crippen molar-refractivity contribution in [1.82, 2.24) is 0 Å². The summed E-state index contributed by atoms with van der Waals surface area (Å²) in [5.74, 6) is -2.15. The normalized spacial score (nSPS) is 12.9. The molecule has 0 bridgehead atoms. The van der Waals surface area contributed by atoms with Crippen LogP contribution in [-0.2, 0) is 19.0 Å². The van der Waals surface area contributed by atoms with Crippen LogP contribution in [0.3, 0.4) is 0 Å². The van der Waals surface area contributed by atoms with Crippen LogP contribution in [0.5, 0.6) is 0 Å². The summed E-state index contributed by atoms with van der Waals surface area (Å²) < 4.78 is 13.0. The summed E-state index contributed by atoms with van der Waals surface area (Å²) in [7, 11) is 3.48. The van der Waals surface area contributed by atoms with Crippen molar-refractivity contribution in [3.8, 4) is 0 Å². The van der Waals surface area contributed by atoms with Gasteiger partial charge in [-0.2, -0.15) is 0 Å². The van der Waals surface area contributed by atoms with Gasteiger partial charge in [-0.15, -0.1) is 0 Å². The van der Waals surface area contributed by atoms with Crippen LogP contribution in [-0.4, -0.2) is 27.3 Å². The molecule has 0 unspecified atom stereocenters. The number of ether oxygens (including phenoxy) is 3. The van der Waals surface area contributed by atoms with Crippen molar-refractivity contribution in [1.29, 1.82) is 0 Å². The Morgan fingerprint density at radius 3 is 2.13 bits per heavy atom. The van der Waals surface area contributed by atoms with E-state index in [0.717, 1.165) is 20.3 Å². The van der Waals surface area contributed by atoms with E-state index >= 15 is 0 Å². The highest BCUT2D eigenvalue weighted by atomic mass is 16.6. The van der Waals surface area contributed by atoms with Crippen molar-refractivity contribution < 1.29 is 29.2 Å². The highest BCUT2D eigenvalue weighted by Gasteiger charge is 2.05. The van der Waals surface area contributed by atoms with E-state index in [1.165, 1.54) is 7.11 Å². The summed E-state index contributed by atoms with van der Waals surface area (Å²) in [6.07, 6.45) is 0.557. The molecular formula is C9H12O6-2. The van der Waals surface area contributed by atoms with E-state index in [2.05, 4.69) is 14.2 Å². The smallest absolute Gasteiger partial charge is 0.310 e. The fourth-order valence-corrected chi connectivity index (χ4v) is 0.742. The second kappa shape index (κ2) is 6.58. The van der Waals surface area contributed by atoms with Crippen molar-refractivity contribution in [3.05, 3.63) is 23.5 Å². The molecule has 0 N–H and O–H groups in total. The maximum Gasteiger partial charge on any atom is 0.310 e. The number of carbonyl (C=O) groups excluding carboxylic acids is 1. The SMILES string of the molecule is COC(=O)CC(C=C([O-])OC)=C([O-])OC. The molecule has 0 rings (SSSR count). The zero-order valence-electron chi connectivity index (χ0n) is 8.73. The minimum atomic E-state index is -0.772. The molecule has 0 spiro atoms. The van der Waals surface area contributed by atoms with Gasteiger partial charge in [0.2, 0.25) is 0 Å². The molecule has 0 aliphatic carbocycles. The van der Waals surface area contributed by atoms with E-state index in [-0.39, 0.29) is 12.0 Å². The van der Waals surface area contributed by atoms with Crippen molar-refractivity contribution in [2.45, 2.75) is 6.42 Å². The summed E-state index contributed by atoms with van der Waals surface area (Å²) >= 11 is 0. The lowest BCUT2D eigenvalue weighted by Crippen LogP contribution is -2.14. The van der Waals surface area contributed by atoms with Crippen LogP contribution in [0.25, 0.3) is 0 Å². The highest BCUT2D eigenvalue weighted by molar-refractivity contribution is 5.73. The first-order chi connectivity index (χ1) is 7.04. The molecule has 15 heavy (non-hydrogen) atoms. The Labute approximate surface area is 87.4 Å². The number of hydrogen-bond acceptors (Lipinski definition) is 6. The van der Waals surface area contributed by atoms with Crippen LogP contribution in [0.1, 0.15) is 6.42 Å². The van der Waals surface area contributed by atoms with Crippen molar-refractivity contribution in [2.75, 3.05) is 21.3 Å². The molecule has 0 aromatic heterocycles. The molecule has 0 heterocycles. The van der Waals surface area contributed by atoms with Gasteiger partial charge in [-0.1, -0.05) is 0 Å². The number of allylic oxidation sites excluding steroid dienone is 1. The summed E-state index contributed by atoms with van der Waals surface area (Å²) in [4.78, 5) is 10.9. The standard InChI is InChI=1S/C9H14O6/c1-13-7(10)4-6(9(12)15-3)5-8(11)14-2/h4,10,12H,5H2,1-3H3/p-2. The van der Waals surface area contributed by atoms with Crippen LogP contribution < -0.4 is 10.2 Å². The third-order valence-corrected chi connectivity index (χ3v) is 1.50. The Balaban J connectivity index is 4.84. The van der Waals surface area contributed by atoms with E-state index in [1.54, 1.807) is 0 Å². The maximum absolute atomic E-state index is 11.1. The minimum Gasteiger partial charge on any atom is -0.617 e. The lowest BCUT2D eigenvalue weighted by atomic mass is 10.2. The molecule has 0 saturated carbocycles.